The summed E-state index contributed by atoms with van der Waals surface area (Å²) in [6.07, 6.45) is 11.0. The molecule has 3 rings (SSSR count). The highest BCUT2D eigenvalue weighted by molar-refractivity contribution is 9.09. The molecule has 0 N–H and O–H groups in total. The van der Waals surface area contributed by atoms with E-state index in [-0.39, 0.29) is 0 Å². The summed E-state index contributed by atoms with van der Waals surface area (Å²) in [5.41, 5.74) is 2.82. The minimum atomic E-state index is 0.514. The summed E-state index contributed by atoms with van der Waals surface area (Å²) in [4.78, 5) is 0.514. The summed E-state index contributed by atoms with van der Waals surface area (Å²) in [5, 5.41) is 0. The van der Waals surface area contributed by atoms with Crippen LogP contribution < -0.4 is 4.74 Å². The minimum Gasteiger partial charge on any atom is -0.493 e. The molecule has 1 nitrogen and oxygen atoms in total. The lowest BCUT2D eigenvalue weighted by atomic mass is 9.85. The number of ether oxygens (including phenoxy) is 1. The SMILES string of the molecule is BrC(CCC1CCCCC1)c1ccc2c(c1)CCO2. The fraction of sp³-hybridized carbons (Fsp3) is 0.647. The van der Waals surface area contributed by atoms with E-state index in [4.69, 9.17) is 4.74 Å². The second-order valence-electron chi connectivity index (χ2n) is 6.01. The van der Waals surface area contributed by atoms with E-state index in [2.05, 4.69) is 34.1 Å². The molecule has 1 aromatic carbocycles. The fourth-order valence-electron chi connectivity index (χ4n) is 3.43. The zero-order chi connectivity index (χ0) is 13.1. The van der Waals surface area contributed by atoms with E-state index in [0.717, 1.165) is 24.7 Å². The van der Waals surface area contributed by atoms with E-state index in [9.17, 15) is 0 Å². The molecule has 0 saturated heterocycles. The van der Waals surface area contributed by atoms with Crippen LogP contribution in [-0.2, 0) is 6.42 Å². The highest BCUT2D eigenvalue weighted by atomic mass is 79.9. The van der Waals surface area contributed by atoms with Gasteiger partial charge in [-0.15, -0.1) is 0 Å². The van der Waals surface area contributed by atoms with Gasteiger partial charge < -0.3 is 4.74 Å². The Labute approximate surface area is 124 Å². The molecule has 1 aliphatic heterocycles. The largest absolute Gasteiger partial charge is 0.493 e. The predicted octanol–water partition coefficient (Wildman–Crippen LogP) is 5.42. The first-order valence-electron chi connectivity index (χ1n) is 7.72. The van der Waals surface area contributed by atoms with E-state index in [1.807, 2.05) is 0 Å². The molecule has 0 aromatic heterocycles. The molecular formula is C17H23BrO. The van der Waals surface area contributed by atoms with Gasteiger partial charge >= 0.3 is 0 Å². The Hall–Kier alpha value is -0.500. The van der Waals surface area contributed by atoms with Crippen LogP contribution in [-0.4, -0.2) is 6.61 Å². The summed E-state index contributed by atoms with van der Waals surface area (Å²) >= 11 is 3.88. The van der Waals surface area contributed by atoms with Gasteiger partial charge in [0.25, 0.3) is 0 Å². The first kappa shape index (κ1) is 13.5. The average molecular weight is 323 g/mol. The van der Waals surface area contributed by atoms with Crippen LogP contribution >= 0.6 is 15.9 Å². The van der Waals surface area contributed by atoms with Crippen molar-refractivity contribution in [1.29, 1.82) is 0 Å². The second-order valence-corrected chi connectivity index (χ2v) is 7.12. The number of hydrogen-bond acceptors (Lipinski definition) is 1. The van der Waals surface area contributed by atoms with Crippen LogP contribution in [0.3, 0.4) is 0 Å². The summed E-state index contributed by atoms with van der Waals surface area (Å²) in [6, 6.07) is 6.71. The van der Waals surface area contributed by atoms with Crippen molar-refractivity contribution in [3.63, 3.8) is 0 Å². The van der Waals surface area contributed by atoms with Gasteiger partial charge in [0, 0.05) is 11.2 Å². The number of benzene rings is 1. The van der Waals surface area contributed by atoms with Crippen LogP contribution in [0.15, 0.2) is 18.2 Å². The van der Waals surface area contributed by atoms with Gasteiger partial charge in [-0.05, 0) is 36.0 Å². The van der Waals surface area contributed by atoms with Crippen molar-refractivity contribution in [3.8, 4) is 5.75 Å². The Morgan fingerprint density at radius 3 is 2.89 bits per heavy atom. The maximum atomic E-state index is 5.57. The van der Waals surface area contributed by atoms with E-state index < -0.39 is 0 Å². The highest BCUT2D eigenvalue weighted by Crippen LogP contribution is 2.36. The molecule has 1 fully saturated rings. The van der Waals surface area contributed by atoms with Gasteiger partial charge in [0.2, 0.25) is 0 Å². The van der Waals surface area contributed by atoms with Crippen molar-refractivity contribution in [2.24, 2.45) is 5.92 Å². The average Bonchev–Trinajstić information content (AvgIpc) is 2.93. The van der Waals surface area contributed by atoms with Gasteiger partial charge in [0.1, 0.15) is 5.75 Å². The Kier molecular flexibility index (Phi) is 4.47. The first-order chi connectivity index (χ1) is 9.33. The van der Waals surface area contributed by atoms with Crippen molar-refractivity contribution >= 4 is 15.9 Å². The Morgan fingerprint density at radius 2 is 2.05 bits per heavy atom. The quantitative estimate of drug-likeness (QED) is 0.673. The van der Waals surface area contributed by atoms with Gasteiger partial charge in [-0.3, -0.25) is 0 Å². The van der Waals surface area contributed by atoms with E-state index in [1.54, 1.807) is 0 Å². The number of fused-ring (bicyclic) bond motifs is 1. The second kappa shape index (κ2) is 6.30. The lowest BCUT2D eigenvalue weighted by Gasteiger charge is -2.22. The van der Waals surface area contributed by atoms with Crippen molar-refractivity contribution in [2.45, 2.75) is 56.2 Å². The molecule has 1 aromatic rings. The molecule has 2 aliphatic rings. The lowest BCUT2D eigenvalue weighted by molar-refractivity contribution is 0.332. The Bertz CT molecular complexity index is 423. The zero-order valence-corrected chi connectivity index (χ0v) is 13.1. The molecule has 1 saturated carbocycles. The molecular weight excluding hydrogens is 300 g/mol. The Morgan fingerprint density at radius 1 is 1.21 bits per heavy atom. The van der Waals surface area contributed by atoms with Gasteiger partial charge in [-0.1, -0.05) is 60.2 Å². The third-order valence-corrected chi connectivity index (χ3v) is 5.61. The van der Waals surface area contributed by atoms with Gasteiger partial charge in [-0.2, -0.15) is 0 Å². The number of halogens is 1. The van der Waals surface area contributed by atoms with E-state index >= 15 is 0 Å². The minimum absolute atomic E-state index is 0.514. The van der Waals surface area contributed by atoms with Gasteiger partial charge in [0.15, 0.2) is 0 Å². The normalized spacial score (nSPS) is 20.9. The topological polar surface area (TPSA) is 9.23 Å². The molecule has 104 valence electrons. The van der Waals surface area contributed by atoms with Gasteiger partial charge in [-0.25, -0.2) is 0 Å². The van der Waals surface area contributed by atoms with Crippen molar-refractivity contribution in [2.75, 3.05) is 6.61 Å². The first-order valence-corrected chi connectivity index (χ1v) is 8.64. The van der Waals surface area contributed by atoms with Crippen LogP contribution in [0.2, 0.25) is 0 Å². The standard InChI is InChI=1S/C17H23BrO/c18-16(8-6-13-4-2-1-3-5-13)14-7-9-17-15(12-14)10-11-19-17/h7,9,12-13,16H,1-6,8,10-11H2. The molecule has 0 bridgehead atoms. The van der Waals surface area contributed by atoms with E-state index in [1.165, 1.54) is 56.1 Å². The van der Waals surface area contributed by atoms with Crippen LogP contribution in [0.1, 0.15) is 60.9 Å². The molecule has 19 heavy (non-hydrogen) atoms. The van der Waals surface area contributed by atoms with Crippen LogP contribution in [0.4, 0.5) is 0 Å². The molecule has 2 heteroatoms. The third kappa shape index (κ3) is 3.34. The molecule has 1 atom stereocenters. The number of alkyl halides is 1. The number of hydrogen-bond donors (Lipinski definition) is 0. The number of rotatable bonds is 4. The molecule has 1 unspecified atom stereocenters. The molecule has 0 spiro atoms. The predicted molar refractivity (Wildman–Crippen MR) is 83.1 cm³/mol. The van der Waals surface area contributed by atoms with Gasteiger partial charge in [0.05, 0.1) is 6.61 Å². The highest BCUT2D eigenvalue weighted by Gasteiger charge is 2.18. The maximum absolute atomic E-state index is 5.57. The summed E-state index contributed by atoms with van der Waals surface area (Å²) in [5.74, 6) is 2.07. The monoisotopic (exact) mass is 322 g/mol. The maximum Gasteiger partial charge on any atom is 0.122 e. The van der Waals surface area contributed by atoms with Crippen LogP contribution in [0, 0.1) is 5.92 Å². The van der Waals surface area contributed by atoms with Crippen LogP contribution in [0.5, 0.6) is 5.75 Å². The summed E-state index contributed by atoms with van der Waals surface area (Å²) < 4.78 is 5.57. The van der Waals surface area contributed by atoms with Crippen LogP contribution in [0.25, 0.3) is 0 Å². The Balaban J connectivity index is 1.56. The van der Waals surface area contributed by atoms with E-state index in [0.29, 0.717) is 4.83 Å². The van der Waals surface area contributed by atoms with Crippen molar-refractivity contribution in [3.05, 3.63) is 29.3 Å². The molecule has 0 amide bonds. The summed E-state index contributed by atoms with van der Waals surface area (Å²) in [7, 11) is 0. The smallest absolute Gasteiger partial charge is 0.122 e. The zero-order valence-electron chi connectivity index (χ0n) is 11.5. The molecule has 0 radical (unpaired) electrons. The lowest BCUT2D eigenvalue weighted by Crippen LogP contribution is -2.07. The summed E-state index contributed by atoms with van der Waals surface area (Å²) in [6.45, 7) is 0.855. The molecule has 1 aliphatic carbocycles. The third-order valence-electron chi connectivity index (χ3n) is 4.63. The van der Waals surface area contributed by atoms with Crippen molar-refractivity contribution < 1.29 is 4.74 Å². The molecule has 1 heterocycles. The fourth-order valence-corrected chi connectivity index (χ4v) is 3.97. The van der Waals surface area contributed by atoms with Crippen molar-refractivity contribution in [1.82, 2.24) is 0 Å².